The molecular weight excluding hydrogens is 368 g/mol. The van der Waals surface area contributed by atoms with Gasteiger partial charge in [0.1, 0.15) is 6.61 Å². The summed E-state index contributed by atoms with van der Waals surface area (Å²) in [6, 6.07) is 13.3. The van der Waals surface area contributed by atoms with E-state index in [9.17, 15) is 4.79 Å². The Hall–Kier alpha value is -2.44. The Labute approximate surface area is 165 Å². The molecule has 0 radical (unpaired) electrons. The van der Waals surface area contributed by atoms with Crippen LogP contribution in [0.1, 0.15) is 15.9 Å². The first-order valence-electron chi connectivity index (χ1n) is 8.65. The van der Waals surface area contributed by atoms with Gasteiger partial charge in [0, 0.05) is 31.7 Å². The monoisotopic (exact) mass is 392 g/mol. The molecule has 0 spiro atoms. The Bertz CT molecular complexity index is 724. The van der Waals surface area contributed by atoms with Crippen LogP contribution in [0.25, 0.3) is 0 Å². The number of halogens is 1. The van der Waals surface area contributed by atoms with Gasteiger partial charge in [0.2, 0.25) is 5.75 Å². The summed E-state index contributed by atoms with van der Waals surface area (Å²) < 4.78 is 16.9. The number of carbonyl (C=O) groups excluding carboxylic acids is 1. The zero-order chi connectivity index (χ0) is 18.4. The highest BCUT2D eigenvalue weighted by Gasteiger charge is 2.22. The minimum absolute atomic E-state index is 0. The lowest BCUT2D eigenvalue weighted by atomic mass is 10.1. The first kappa shape index (κ1) is 20.9. The van der Waals surface area contributed by atoms with E-state index in [0.29, 0.717) is 42.5 Å². The van der Waals surface area contributed by atoms with Crippen molar-refractivity contribution in [3.8, 4) is 17.2 Å². The lowest BCUT2D eigenvalue weighted by Gasteiger charge is -2.28. The van der Waals surface area contributed by atoms with Crippen molar-refractivity contribution in [3.05, 3.63) is 53.6 Å². The van der Waals surface area contributed by atoms with Crippen LogP contribution in [-0.4, -0.2) is 51.2 Å². The quantitative estimate of drug-likeness (QED) is 0.819. The number of methoxy groups -OCH3 is 2. The fraction of sp³-hybridized carbons (Fsp3) is 0.350. The van der Waals surface area contributed by atoms with Crippen LogP contribution in [0, 0.1) is 0 Å². The number of hydrogen-bond acceptors (Lipinski definition) is 5. The molecule has 0 unspecified atom stereocenters. The average molecular weight is 393 g/mol. The van der Waals surface area contributed by atoms with Gasteiger partial charge in [-0.3, -0.25) is 4.79 Å². The largest absolute Gasteiger partial charge is 0.493 e. The molecule has 0 saturated carbocycles. The number of ether oxygens (including phenoxy) is 3. The lowest BCUT2D eigenvalue weighted by Crippen LogP contribution is -2.46. The van der Waals surface area contributed by atoms with Crippen molar-refractivity contribution < 1.29 is 19.0 Å². The fourth-order valence-corrected chi connectivity index (χ4v) is 2.93. The van der Waals surface area contributed by atoms with Gasteiger partial charge in [-0.05, 0) is 17.7 Å². The molecule has 1 aliphatic rings. The van der Waals surface area contributed by atoms with Gasteiger partial charge >= 0.3 is 0 Å². The molecule has 1 heterocycles. The predicted molar refractivity (Wildman–Crippen MR) is 106 cm³/mol. The highest BCUT2D eigenvalue weighted by molar-refractivity contribution is 5.95. The fourth-order valence-electron chi connectivity index (χ4n) is 2.93. The standard InChI is InChI=1S/C20H24N2O4.ClH/c1-24-17-12-16(20(23)22-10-8-21-9-11-22)13-18(25-2)19(17)26-14-15-6-4-3-5-7-15;/h3-7,12-13,21H,8-11,14H2,1-2H3;1H. The van der Waals surface area contributed by atoms with Crippen LogP contribution in [0.4, 0.5) is 0 Å². The Morgan fingerprint density at radius 2 is 1.63 bits per heavy atom. The van der Waals surface area contributed by atoms with Crippen LogP contribution in [0.15, 0.2) is 42.5 Å². The highest BCUT2D eigenvalue weighted by Crippen LogP contribution is 2.39. The smallest absolute Gasteiger partial charge is 0.254 e. The molecule has 2 aromatic rings. The Kier molecular flexibility index (Phi) is 7.76. The third kappa shape index (κ3) is 5.05. The van der Waals surface area contributed by atoms with E-state index >= 15 is 0 Å². The first-order valence-corrected chi connectivity index (χ1v) is 8.65. The van der Waals surface area contributed by atoms with E-state index in [1.165, 1.54) is 0 Å². The molecule has 27 heavy (non-hydrogen) atoms. The molecule has 1 N–H and O–H groups in total. The third-order valence-electron chi connectivity index (χ3n) is 4.34. The van der Waals surface area contributed by atoms with Gasteiger partial charge in [0.05, 0.1) is 14.2 Å². The van der Waals surface area contributed by atoms with E-state index in [1.807, 2.05) is 35.2 Å². The van der Waals surface area contributed by atoms with Crippen molar-refractivity contribution in [1.29, 1.82) is 0 Å². The second-order valence-corrected chi connectivity index (χ2v) is 6.03. The SMILES string of the molecule is COc1cc(C(=O)N2CCNCC2)cc(OC)c1OCc1ccccc1.Cl. The van der Waals surface area contributed by atoms with Gasteiger partial charge in [-0.25, -0.2) is 0 Å². The van der Waals surface area contributed by atoms with Crippen molar-refractivity contribution >= 4 is 18.3 Å². The number of hydrogen-bond donors (Lipinski definition) is 1. The Balaban J connectivity index is 0.00000261. The summed E-state index contributed by atoms with van der Waals surface area (Å²) in [6.07, 6.45) is 0. The summed E-state index contributed by atoms with van der Waals surface area (Å²) in [6.45, 7) is 3.38. The number of rotatable bonds is 6. The van der Waals surface area contributed by atoms with Crippen LogP contribution in [0.3, 0.4) is 0 Å². The van der Waals surface area contributed by atoms with Gasteiger partial charge < -0.3 is 24.4 Å². The topological polar surface area (TPSA) is 60.0 Å². The van der Waals surface area contributed by atoms with Gasteiger partial charge in [-0.2, -0.15) is 0 Å². The zero-order valence-corrected chi connectivity index (χ0v) is 16.4. The summed E-state index contributed by atoms with van der Waals surface area (Å²) in [5, 5.41) is 3.24. The van der Waals surface area contributed by atoms with E-state index in [4.69, 9.17) is 14.2 Å². The van der Waals surface area contributed by atoms with Crippen molar-refractivity contribution in [2.45, 2.75) is 6.61 Å². The molecular formula is C20H25ClN2O4. The molecule has 1 fully saturated rings. The molecule has 3 rings (SSSR count). The highest BCUT2D eigenvalue weighted by atomic mass is 35.5. The Morgan fingerprint density at radius 1 is 1.04 bits per heavy atom. The van der Waals surface area contributed by atoms with E-state index in [-0.39, 0.29) is 18.3 Å². The number of nitrogens with zero attached hydrogens (tertiary/aromatic N) is 1. The van der Waals surface area contributed by atoms with Crippen LogP contribution in [0.2, 0.25) is 0 Å². The van der Waals surface area contributed by atoms with E-state index in [0.717, 1.165) is 18.7 Å². The molecule has 0 aromatic heterocycles. The van der Waals surface area contributed by atoms with Gasteiger partial charge in [-0.1, -0.05) is 30.3 Å². The number of carbonyl (C=O) groups is 1. The van der Waals surface area contributed by atoms with Crippen molar-refractivity contribution in [1.82, 2.24) is 10.2 Å². The van der Waals surface area contributed by atoms with E-state index in [1.54, 1.807) is 26.4 Å². The molecule has 0 bridgehead atoms. The van der Waals surface area contributed by atoms with Crippen molar-refractivity contribution in [3.63, 3.8) is 0 Å². The maximum Gasteiger partial charge on any atom is 0.254 e. The zero-order valence-electron chi connectivity index (χ0n) is 15.6. The maximum atomic E-state index is 12.8. The van der Waals surface area contributed by atoms with Crippen LogP contribution in [-0.2, 0) is 6.61 Å². The summed E-state index contributed by atoms with van der Waals surface area (Å²) in [7, 11) is 3.12. The Morgan fingerprint density at radius 3 is 2.19 bits per heavy atom. The maximum absolute atomic E-state index is 12.8. The molecule has 0 aliphatic carbocycles. The van der Waals surface area contributed by atoms with Gasteiger partial charge in [0.15, 0.2) is 11.5 Å². The minimum atomic E-state index is -0.0299. The average Bonchev–Trinajstić information content (AvgIpc) is 2.72. The minimum Gasteiger partial charge on any atom is -0.493 e. The van der Waals surface area contributed by atoms with Crippen LogP contribution in [0.5, 0.6) is 17.2 Å². The lowest BCUT2D eigenvalue weighted by molar-refractivity contribution is 0.0735. The van der Waals surface area contributed by atoms with E-state index in [2.05, 4.69) is 5.32 Å². The van der Waals surface area contributed by atoms with Crippen LogP contribution < -0.4 is 19.5 Å². The number of benzene rings is 2. The number of amides is 1. The normalized spacial score (nSPS) is 13.5. The molecule has 1 aliphatic heterocycles. The summed E-state index contributed by atoms with van der Waals surface area (Å²) >= 11 is 0. The molecule has 7 heteroatoms. The third-order valence-corrected chi connectivity index (χ3v) is 4.34. The number of piperazine rings is 1. The molecule has 6 nitrogen and oxygen atoms in total. The molecule has 1 saturated heterocycles. The van der Waals surface area contributed by atoms with Crippen LogP contribution >= 0.6 is 12.4 Å². The van der Waals surface area contributed by atoms with Crippen molar-refractivity contribution in [2.24, 2.45) is 0 Å². The van der Waals surface area contributed by atoms with Gasteiger partial charge in [0.25, 0.3) is 5.91 Å². The molecule has 2 aromatic carbocycles. The van der Waals surface area contributed by atoms with Crippen molar-refractivity contribution in [2.75, 3.05) is 40.4 Å². The second-order valence-electron chi connectivity index (χ2n) is 6.03. The molecule has 1 amide bonds. The molecule has 0 atom stereocenters. The molecule has 146 valence electrons. The predicted octanol–water partition coefficient (Wildman–Crippen LogP) is 2.75. The number of nitrogens with one attached hydrogen (secondary N) is 1. The summed E-state index contributed by atoms with van der Waals surface area (Å²) in [5.74, 6) is 1.44. The van der Waals surface area contributed by atoms with Gasteiger partial charge in [-0.15, -0.1) is 12.4 Å². The summed E-state index contributed by atoms with van der Waals surface area (Å²) in [5.41, 5.74) is 1.57. The summed E-state index contributed by atoms with van der Waals surface area (Å²) in [4.78, 5) is 14.6. The second kappa shape index (κ2) is 10.0. The first-order chi connectivity index (χ1) is 12.7. The van der Waals surface area contributed by atoms with E-state index < -0.39 is 0 Å².